The van der Waals surface area contributed by atoms with Gasteiger partial charge in [0.05, 0.1) is 5.41 Å². The van der Waals surface area contributed by atoms with Crippen molar-refractivity contribution in [3.05, 3.63) is 71.8 Å². The molecule has 0 saturated heterocycles. The van der Waals surface area contributed by atoms with Crippen molar-refractivity contribution < 1.29 is 9.90 Å². The van der Waals surface area contributed by atoms with Crippen molar-refractivity contribution in [1.82, 2.24) is 4.90 Å². The van der Waals surface area contributed by atoms with E-state index in [1.807, 2.05) is 79.5 Å². The first kappa shape index (κ1) is 22.6. The number of carbonyl (C=O) groups is 1. The van der Waals surface area contributed by atoms with E-state index in [2.05, 4.69) is 6.92 Å². The zero-order chi connectivity index (χ0) is 18.4. The van der Waals surface area contributed by atoms with Crippen LogP contribution < -0.4 is 0 Å². The lowest BCUT2D eigenvalue weighted by Crippen LogP contribution is -2.45. The second-order valence-corrected chi connectivity index (χ2v) is 6.76. The van der Waals surface area contributed by atoms with Crippen LogP contribution in [0.2, 0.25) is 0 Å². The molecular formula is C22H30BrNO2. The highest BCUT2D eigenvalue weighted by atomic mass is 79.9. The predicted octanol–water partition coefficient (Wildman–Crippen LogP) is 4.58. The van der Waals surface area contributed by atoms with Crippen LogP contribution in [0.5, 0.6) is 0 Å². The molecule has 0 aliphatic heterocycles. The number of carbonyl (C=O) groups excluding carboxylic acids is 1. The molecule has 0 aromatic heterocycles. The summed E-state index contributed by atoms with van der Waals surface area (Å²) in [5.74, 6) is 0.204. The molecule has 0 fully saturated rings. The van der Waals surface area contributed by atoms with Gasteiger partial charge in [-0.3, -0.25) is 9.69 Å². The van der Waals surface area contributed by atoms with E-state index in [0.29, 0.717) is 12.8 Å². The van der Waals surface area contributed by atoms with Crippen LogP contribution in [0.3, 0.4) is 0 Å². The molecule has 26 heavy (non-hydrogen) atoms. The minimum absolute atomic E-state index is 0. The molecule has 2 aromatic rings. The molecule has 0 aliphatic rings. The van der Waals surface area contributed by atoms with Gasteiger partial charge in [0.2, 0.25) is 0 Å². The quantitative estimate of drug-likeness (QED) is 0.636. The molecule has 142 valence electrons. The molecule has 3 nitrogen and oxygen atoms in total. The first-order valence-corrected chi connectivity index (χ1v) is 8.97. The summed E-state index contributed by atoms with van der Waals surface area (Å²) in [4.78, 5) is 15.2. The average molecular weight is 420 g/mol. The largest absolute Gasteiger partial charge is 0.379 e. The number of halogens is 1. The van der Waals surface area contributed by atoms with E-state index in [-0.39, 0.29) is 28.8 Å². The third-order valence-electron chi connectivity index (χ3n) is 5.22. The Hall–Kier alpha value is -1.49. The van der Waals surface area contributed by atoms with Gasteiger partial charge in [0.15, 0.2) is 0 Å². The molecule has 0 amide bonds. The van der Waals surface area contributed by atoms with Crippen molar-refractivity contribution in [3.63, 3.8) is 0 Å². The van der Waals surface area contributed by atoms with Crippen LogP contribution in [0.25, 0.3) is 0 Å². The summed E-state index contributed by atoms with van der Waals surface area (Å²) in [5.41, 5.74) is 1.32. The minimum atomic E-state index is -0.708. The van der Waals surface area contributed by atoms with Crippen LogP contribution in [-0.4, -0.2) is 35.1 Å². The molecule has 2 aromatic carbocycles. The van der Waals surface area contributed by atoms with Crippen molar-refractivity contribution in [2.45, 2.75) is 51.3 Å². The number of nitrogens with zero attached hydrogens (tertiary/aromatic N) is 1. The standard InChI is InChI=1S/C22H29NO2.BrH/c1-5-21(25)22(19-12-8-6-9-13-19,20-14-10-7-11-15-20)16-17(2)23(4)18(3)24;/h6-15,17-18,24H,5,16H2,1-4H3;1H. The van der Waals surface area contributed by atoms with E-state index in [0.717, 1.165) is 11.1 Å². The van der Waals surface area contributed by atoms with Crippen LogP contribution in [0.1, 0.15) is 44.7 Å². The number of rotatable bonds is 8. The van der Waals surface area contributed by atoms with Gasteiger partial charge in [-0.25, -0.2) is 0 Å². The Morgan fingerprint density at radius 2 is 1.42 bits per heavy atom. The van der Waals surface area contributed by atoms with Gasteiger partial charge in [-0.05, 0) is 38.4 Å². The maximum atomic E-state index is 13.3. The zero-order valence-corrected chi connectivity index (χ0v) is 17.8. The van der Waals surface area contributed by atoms with Gasteiger partial charge in [0.1, 0.15) is 12.0 Å². The van der Waals surface area contributed by atoms with Crippen LogP contribution in [0, 0.1) is 0 Å². The summed E-state index contributed by atoms with van der Waals surface area (Å²) >= 11 is 0. The van der Waals surface area contributed by atoms with E-state index < -0.39 is 11.6 Å². The Morgan fingerprint density at radius 3 is 1.77 bits per heavy atom. The first-order chi connectivity index (χ1) is 11.9. The van der Waals surface area contributed by atoms with Crippen molar-refractivity contribution in [3.8, 4) is 0 Å². The minimum Gasteiger partial charge on any atom is -0.379 e. The number of ketones is 1. The number of aliphatic hydroxyl groups is 1. The number of aliphatic hydroxyl groups excluding tert-OH is 1. The molecule has 0 radical (unpaired) electrons. The Kier molecular flexibility index (Phi) is 8.68. The first-order valence-electron chi connectivity index (χ1n) is 8.97. The second-order valence-electron chi connectivity index (χ2n) is 6.76. The highest BCUT2D eigenvalue weighted by molar-refractivity contribution is 8.93. The van der Waals surface area contributed by atoms with E-state index >= 15 is 0 Å². The summed E-state index contributed by atoms with van der Waals surface area (Å²) < 4.78 is 0. The molecule has 1 N–H and O–H groups in total. The van der Waals surface area contributed by atoms with Crippen LogP contribution >= 0.6 is 17.0 Å². The normalized spacial score (nSPS) is 13.8. The average Bonchev–Trinajstić information content (AvgIpc) is 2.66. The van der Waals surface area contributed by atoms with Gasteiger partial charge >= 0.3 is 0 Å². The lowest BCUT2D eigenvalue weighted by Gasteiger charge is -2.39. The number of hydrogen-bond donors (Lipinski definition) is 1. The van der Waals surface area contributed by atoms with Crippen molar-refractivity contribution in [2.75, 3.05) is 7.05 Å². The molecule has 2 atom stereocenters. The van der Waals surface area contributed by atoms with Gasteiger partial charge < -0.3 is 5.11 Å². The zero-order valence-electron chi connectivity index (χ0n) is 16.1. The third-order valence-corrected chi connectivity index (χ3v) is 5.22. The molecule has 2 rings (SSSR count). The lowest BCUT2D eigenvalue weighted by molar-refractivity contribution is -0.124. The Labute approximate surface area is 167 Å². The molecular weight excluding hydrogens is 390 g/mol. The fourth-order valence-corrected chi connectivity index (χ4v) is 3.54. The topological polar surface area (TPSA) is 40.5 Å². The van der Waals surface area contributed by atoms with Crippen molar-refractivity contribution in [2.24, 2.45) is 0 Å². The van der Waals surface area contributed by atoms with Gasteiger partial charge in [-0.2, -0.15) is 0 Å². The van der Waals surface area contributed by atoms with E-state index in [9.17, 15) is 9.90 Å². The summed E-state index contributed by atoms with van der Waals surface area (Å²) in [6.45, 7) is 5.74. The Balaban J connectivity index is 0.00000338. The van der Waals surface area contributed by atoms with Gasteiger partial charge in [0.25, 0.3) is 0 Å². The van der Waals surface area contributed by atoms with Crippen molar-refractivity contribution >= 4 is 22.8 Å². The summed E-state index contributed by atoms with van der Waals surface area (Å²) in [6.07, 6.45) is 0.528. The van der Waals surface area contributed by atoms with Crippen molar-refractivity contribution in [1.29, 1.82) is 0 Å². The van der Waals surface area contributed by atoms with Gasteiger partial charge in [-0.15, -0.1) is 17.0 Å². The fourth-order valence-electron chi connectivity index (χ4n) is 3.54. The molecule has 0 saturated carbocycles. The molecule has 0 bridgehead atoms. The van der Waals surface area contributed by atoms with Crippen LogP contribution in [0.4, 0.5) is 0 Å². The monoisotopic (exact) mass is 419 g/mol. The Morgan fingerprint density at radius 1 is 1.00 bits per heavy atom. The second kappa shape index (κ2) is 10.0. The molecule has 4 heteroatoms. The van der Waals surface area contributed by atoms with Gasteiger partial charge in [-0.1, -0.05) is 67.6 Å². The lowest BCUT2D eigenvalue weighted by atomic mass is 9.67. The smallest absolute Gasteiger partial charge is 0.147 e. The number of benzene rings is 2. The van der Waals surface area contributed by atoms with E-state index in [1.165, 1.54) is 0 Å². The molecule has 0 spiro atoms. The SMILES string of the molecule is Br.CCC(=O)C(CC(C)N(C)C(C)O)(c1ccccc1)c1ccccc1. The van der Waals surface area contributed by atoms with E-state index in [1.54, 1.807) is 6.92 Å². The number of Topliss-reactive ketones (excluding diaryl/α,β-unsaturated/α-hetero) is 1. The van der Waals surface area contributed by atoms with Crippen LogP contribution in [0.15, 0.2) is 60.7 Å². The van der Waals surface area contributed by atoms with E-state index in [4.69, 9.17) is 0 Å². The predicted molar refractivity (Wildman–Crippen MR) is 113 cm³/mol. The molecule has 0 aliphatic carbocycles. The summed E-state index contributed by atoms with van der Waals surface area (Å²) in [5, 5.41) is 9.97. The van der Waals surface area contributed by atoms with Crippen LogP contribution in [-0.2, 0) is 10.2 Å². The summed E-state index contributed by atoms with van der Waals surface area (Å²) in [6, 6.07) is 20.1. The molecule has 0 heterocycles. The highest BCUT2D eigenvalue weighted by Crippen LogP contribution is 2.39. The van der Waals surface area contributed by atoms with Gasteiger partial charge in [0, 0.05) is 12.5 Å². The maximum absolute atomic E-state index is 13.3. The Bertz CT molecular complexity index is 634. The maximum Gasteiger partial charge on any atom is 0.147 e. The fraction of sp³-hybridized carbons (Fsp3) is 0.409. The molecule has 2 unspecified atom stereocenters. The third kappa shape index (κ3) is 4.61. The summed E-state index contributed by atoms with van der Waals surface area (Å²) in [7, 11) is 1.90. The highest BCUT2D eigenvalue weighted by Gasteiger charge is 2.42. The number of hydrogen-bond acceptors (Lipinski definition) is 3.